The van der Waals surface area contributed by atoms with Crippen molar-refractivity contribution >= 4 is 11.9 Å². The normalized spacial score (nSPS) is 21.7. The lowest BCUT2D eigenvalue weighted by atomic mass is 9.98. The smallest absolute Gasteiger partial charge is 0.338 e. The second-order valence-corrected chi connectivity index (χ2v) is 9.47. The van der Waals surface area contributed by atoms with Gasteiger partial charge >= 0.3 is 11.9 Å². The van der Waals surface area contributed by atoms with Gasteiger partial charge in [-0.2, -0.15) is 0 Å². The molecule has 4 rings (SSSR count). The summed E-state index contributed by atoms with van der Waals surface area (Å²) in [4.78, 5) is 25.9. The van der Waals surface area contributed by atoms with Gasteiger partial charge in [0, 0.05) is 0 Å². The number of carbonyl (C=O) groups excluding carboxylic acids is 2. The van der Waals surface area contributed by atoms with Crippen molar-refractivity contribution < 1.29 is 74.5 Å². The Bertz CT molecular complexity index is 1430. The maximum atomic E-state index is 13.0. The lowest BCUT2D eigenvalue weighted by Crippen LogP contribution is -2.61. The zero-order chi connectivity index (χ0) is 31.4. The van der Waals surface area contributed by atoms with Gasteiger partial charge in [-0.05, 0) is 48.4 Å². The topological polar surface area (TPSA) is 253 Å². The number of ether oxygens (including phenoxy) is 4. The van der Waals surface area contributed by atoms with Crippen molar-refractivity contribution in [3.05, 3.63) is 65.2 Å². The number of esters is 2. The van der Waals surface area contributed by atoms with Gasteiger partial charge in [0.2, 0.25) is 0 Å². The van der Waals surface area contributed by atoms with E-state index >= 15 is 0 Å². The van der Waals surface area contributed by atoms with Crippen LogP contribution in [0.3, 0.4) is 0 Å². The first-order valence-corrected chi connectivity index (χ1v) is 12.6. The van der Waals surface area contributed by atoms with Gasteiger partial charge in [-0.1, -0.05) is 12.1 Å². The Balaban J connectivity index is 1.60. The highest BCUT2D eigenvalue weighted by Crippen LogP contribution is 2.38. The average Bonchev–Trinajstić information content (AvgIpc) is 2.97. The molecule has 0 unspecified atom stereocenters. The number of phenols is 7. The predicted molar refractivity (Wildman–Crippen MR) is 141 cm³/mol. The van der Waals surface area contributed by atoms with E-state index in [9.17, 15) is 55.5 Å². The first-order chi connectivity index (χ1) is 20.4. The van der Waals surface area contributed by atoms with Crippen LogP contribution in [0.4, 0.5) is 0 Å². The monoisotopic (exact) mass is 604 g/mol. The van der Waals surface area contributed by atoms with E-state index in [1.54, 1.807) is 12.1 Å². The Hall–Kier alpha value is -4.96. The molecule has 0 bridgehead atoms. The summed E-state index contributed by atoms with van der Waals surface area (Å²) in [6.07, 6.45) is -8.11. The van der Waals surface area contributed by atoms with Crippen LogP contribution in [0, 0.1) is 0 Å². The molecule has 3 aromatic rings. The van der Waals surface area contributed by atoms with Gasteiger partial charge in [-0.3, -0.25) is 0 Å². The zero-order valence-corrected chi connectivity index (χ0v) is 22.1. The fourth-order valence-electron chi connectivity index (χ4n) is 4.24. The molecule has 1 aliphatic heterocycles. The van der Waals surface area contributed by atoms with E-state index in [1.807, 2.05) is 0 Å². The fourth-order valence-corrected chi connectivity index (χ4v) is 4.24. The van der Waals surface area contributed by atoms with Crippen molar-refractivity contribution in [1.29, 1.82) is 0 Å². The molecule has 0 aliphatic carbocycles. The van der Waals surface area contributed by atoms with E-state index in [1.165, 1.54) is 12.1 Å². The molecule has 0 amide bonds. The Kier molecular flexibility index (Phi) is 9.30. The average molecular weight is 605 g/mol. The standard InChI is InChI=1S/C28H28O15/c29-11-20-24(42-26(38)13-7-16(31)21(35)17(32)8-13)25(43-27(39)14-9-18(33)22(36)19(34)10-14)23(37)28(41-20)40-6-5-12-1-3-15(30)4-2-12/h1-4,7-10,20,23-25,28-37H,5-6,11H2/t20-,23-,24-,25-,28+/m1/s1. The van der Waals surface area contributed by atoms with Crippen molar-refractivity contribution in [3.8, 4) is 40.2 Å². The van der Waals surface area contributed by atoms with Crippen LogP contribution >= 0.6 is 0 Å². The molecule has 5 atom stereocenters. The van der Waals surface area contributed by atoms with Crippen LogP contribution in [-0.2, 0) is 25.4 Å². The van der Waals surface area contributed by atoms with Crippen LogP contribution in [0.25, 0.3) is 0 Å². The van der Waals surface area contributed by atoms with Crippen LogP contribution in [-0.4, -0.2) is 102 Å². The van der Waals surface area contributed by atoms with E-state index in [4.69, 9.17) is 18.9 Å². The molecule has 0 saturated carbocycles. The van der Waals surface area contributed by atoms with Crippen LogP contribution in [0.2, 0.25) is 0 Å². The Labute approximate surface area is 242 Å². The molecule has 3 aromatic carbocycles. The zero-order valence-electron chi connectivity index (χ0n) is 22.1. The number of hydrogen-bond acceptors (Lipinski definition) is 15. The Morgan fingerprint density at radius 2 is 1.19 bits per heavy atom. The number of phenolic OH excluding ortho intramolecular Hbond substituents is 7. The summed E-state index contributed by atoms with van der Waals surface area (Å²) in [7, 11) is 0. The van der Waals surface area contributed by atoms with Gasteiger partial charge in [0.25, 0.3) is 0 Å². The summed E-state index contributed by atoms with van der Waals surface area (Å²) in [5, 5.41) is 88.9. The van der Waals surface area contributed by atoms with Crippen LogP contribution in [0.5, 0.6) is 40.2 Å². The van der Waals surface area contributed by atoms with Crippen LogP contribution in [0.15, 0.2) is 48.5 Å². The van der Waals surface area contributed by atoms with Crippen molar-refractivity contribution in [2.75, 3.05) is 13.2 Å². The number of benzene rings is 3. The highest BCUT2D eigenvalue weighted by molar-refractivity contribution is 5.92. The molecule has 1 heterocycles. The van der Waals surface area contributed by atoms with Crippen molar-refractivity contribution in [2.45, 2.75) is 37.1 Å². The SMILES string of the molecule is O=C(O[C@@H]1[C@@H](O)[C@@H](OCCc2ccc(O)cc2)O[C@H](CO)[C@H]1OC(=O)c1cc(O)c(O)c(O)c1)c1cc(O)c(O)c(O)c1. The summed E-state index contributed by atoms with van der Waals surface area (Å²) in [6.45, 7) is -0.898. The number of aromatic hydroxyl groups is 7. The van der Waals surface area contributed by atoms with E-state index < -0.39 is 94.9 Å². The highest BCUT2D eigenvalue weighted by atomic mass is 16.7. The summed E-state index contributed by atoms with van der Waals surface area (Å²) in [6, 6.07) is 9.26. The molecule has 1 saturated heterocycles. The minimum Gasteiger partial charge on any atom is -0.508 e. The van der Waals surface area contributed by atoms with Gasteiger partial charge < -0.3 is 64.9 Å². The number of aliphatic hydroxyl groups is 2. The van der Waals surface area contributed by atoms with Gasteiger partial charge in [0.05, 0.1) is 24.3 Å². The maximum absolute atomic E-state index is 13.0. The molecule has 0 radical (unpaired) electrons. The third-order valence-electron chi connectivity index (χ3n) is 6.50. The van der Waals surface area contributed by atoms with E-state index in [0.29, 0.717) is 6.42 Å². The number of carbonyl (C=O) groups is 2. The van der Waals surface area contributed by atoms with Crippen LogP contribution in [0.1, 0.15) is 26.3 Å². The van der Waals surface area contributed by atoms with E-state index in [0.717, 1.165) is 29.8 Å². The molecule has 0 spiro atoms. The van der Waals surface area contributed by atoms with Crippen LogP contribution < -0.4 is 0 Å². The fraction of sp³-hybridized carbons (Fsp3) is 0.286. The minimum atomic E-state index is -1.86. The lowest BCUT2D eigenvalue weighted by molar-refractivity contribution is -0.299. The highest BCUT2D eigenvalue weighted by Gasteiger charge is 2.50. The minimum absolute atomic E-state index is 0.0540. The number of rotatable bonds is 9. The summed E-state index contributed by atoms with van der Waals surface area (Å²) >= 11 is 0. The van der Waals surface area contributed by atoms with Crippen molar-refractivity contribution in [3.63, 3.8) is 0 Å². The molecule has 1 fully saturated rings. The molecule has 1 aliphatic rings. The first kappa shape index (κ1) is 31.0. The lowest BCUT2D eigenvalue weighted by Gasteiger charge is -2.42. The van der Waals surface area contributed by atoms with Crippen molar-refractivity contribution in [2.24, 2.45) is 0 Å². The van der Waals surface area contributed by atoms with Gasteiger partial charge in [-0.15, -0.1) is 0 Å². The Morgan fingerprint density at radius 1 is 0.721 bits per heavy atom. The first-order valence-electron chi connectivity index (χ1n) is 12.6. The summed E-state index contributed by atoms with van der Waals surface area (Å²) in [5.41, 5.74) is -0.191. The molecule has 15 nitrogen and oxygen atoms in total. The predicted octanol–water partition coefficient (Wildman–Crippen LogP) is 0.714. The van der Waals surface area contributed by atoms with Gasteiger partial charge in [0.1, 0.15) is 18.0 Å². The summed E-state index contributed by atoms with van der Waals surface area (Å²) < 4.78 is 22.0. The Morgan fingerprint density at radius 3 is 1.65 bits per heavy atom. The number of aliphatic hydroxyl groups excluding tert-OH is 2. The molecular formula is C28H28O15. The molecular weight excluding hydrogens is 576 g/mol. The largest absolute Gasteiger partial charge is 0.508 e. The summed E-state index contributed by atoms with van der Waals surface area (Å²) in [5.74, 6) is -7.71. The second kappa shape index (κ2) is 12.9. The van der Waals surface area contributed by atoms with Gasteiger partial charge in [0.15, 0.2) is 53.0 Å². The third kappa shape index (κ3) is 6.92. The molecule has 43 heavy (non-hydrogen) atoms. The second-order valence-electron chi connectivity index (χ2n) is 9.47. The van der Waals surface area contributed by atoms with Gasteiger partial charge in [-0.25, -0.2) is 9.59 Å². The molecule has 15 heteroatoms. The third-order valence-corrected chi connectivity index (χ3v) is 6.50. The molecule has 9 N–H and O–H groups in total. The van der Waals surface area contributed by atoms with E-state index in [-0.39, 0.29) is 12.4 Å². The quantitative estimate of drug-likeness (QED) is 0.120. The number of hydrogen-bond donors (Lipinski definition) is 9. The van der Waals surface area contributed by atoms with Crippen molar-refractivity contribution in [1.82, 2.24) is 0 Å². The molecule has 230 valence electrons. The molecule has 0 aromatic heterocycles. The van der Waals surface area contributed by atoms with E-state index in [2.05, 4.69) is 0 Å². The maximum Gasteiger partial charge on any atom is 0.338 e.